The van der Waals surface area contributed by atoms with Gasteiger partial charge in [-0.05, 0) is 54.8 Å². The summed E-state index contributed by atoms with van der Waals surface area (Å²) in [5.41, 5.74) is 4.45. The van der Waals surface area contributed by atoms with Crippen molar-refractivity contribution in [1.29, 1.82) is 0 Å². The highest BCUT2D eigenvalue weighted by Gasteiger charge is 2.08. The molecule has 0 fully saturated rings. The Morgan fingerprint density at radius 2 is 1.70 bits per heavy atom. The van der Waals surface area contributed by atoms with Crippen molar-refractivity contribution in [2.75, 3.05) is 7.11 Å². The number of hydrogen-bond donors (Lipinski definition) is 0. The van der Waals surface area contributed by atoms with Crippen LogP contribution in [0.2, 0.25) is 0 Å². The number of aromatic nitrogens is 3. The smallest absolute Gasteiger partial charge is 0.271 e. The molecule has 2 aromatic heterocycles. The van der Waals surface area contributed by atoms with Gasteiger partial charge in [0.05, 0.1) is 18.1 Å². The van der Waals surface area contributed by atoms with Crippen LogP contribution >= 0.6 is 0 Å². The maximum Gasteiger partial charge on any atom is 0.271 e. The van der Waals surface area contributed by atoms with Crippen molar-refractivity contribution in [3.05, 3.63) is 81.5 Å². The van der Waals surface area contributed by atoms with Gasteiger partial charge in [0.25, 0.3) is 5.56 Å². The van der Waals surface area contributed by atoms with Crippen molar-refractivity contribution in [1.82, 2.24) is 15.0 Å². The second kappa shape index (κ2) is 6.76. The lowest BCUT2D eigenvalue weighted by Gasteiger charge is -2.05. The second-order valence-corrected chi connectivity index (χ2v) is 6.66. The summed E-state index contributed by atoms with van der Waals surface area (Å²) in [6.45, 7) is 4.06. The molecule has 0 atom stereocenters. The summed E-state index contributed by atoms with van der Waals surface area (Å²) < 4.78 is 5.20. The molecule has 0 unspecified atom stereocenters. The molecule has 27 heavy (non-hydrogen) atoms. The van der Waals surface area contributed by atoms with Crippen molar-refractivity contribution in [3.8, 4) is 5.75 Å². The second-order valence-electron chi connectivity index (χ2n) is 6.66. The maximum absolute atomic E-state index is 12.2. The first-order chi connectivity index (χ1) is 13.0. The van der Waals surface area contributed by atoms with Crippen LogP contribution in [0.4, 0.5) is 0 Å². The monoisotopic (exact) mass is 357 g/mol. The number of rotatable bonds is 3. The highest BCUT2D eigenvalue weighted by Crippen LogP contribution is 2.23. The lowest BCUT2D eigenvalue weighted by molar-refractivity contribution is 0.414. The van der Waals surface area contributed by atoms with E-state index in [2.05, 4.69) is 9.97 Å². The van der Waals surface area contributed by atoms with Crippen LogP contribution in [-0.2, 0) is 6.42 Å². The Kier molecular flexibility index (Phi) is 4.28. The number of methoxy groups -OCH3 is 1. The molecular weight excluding hydrogens is 338 g/mol. The van der Waals surface area contributed by atoms with Crippen molar-refractivity contribution in [2.24, 2.45) is 0 Å². The zero-order valence-electron chi connectivity index (χ0n) is 15.5. The number of ether oxygens (including phenoxy) is 1. The van der Waals surface area contributed by atoms with Gasteiger partial charge in [0.15, 0.2) is 0 Å². The molecule has 2 aromatic carbocycles. The van der Waals surface area contributed by atoms with Gasteiger partial charge >= 0.3 is 0 Å². The van der Waals surface area contributed by atoms with Crippen molar-refractivity contribution >= 4 is 21.8 Å². The predicted molar refractivity (Wildman–Crippen MR) is 106 cm³/mol. The van der Waals surface area contributed by atoms with Crippen molar-refractivity contribution in [3.63, 3.8) is 0 Å². The third-order valence-corrected chi connectivity index (χ3v) is 4.77. The molecule has 0 spiro atoms. The quantitative estimate of drug-likeness (QED) is 0.559. The molecule has 5 heteroatoms. The van der Waals surface area contributed by atoms with E-state index in [1.54, 1.807) is 13.3 Å². The minimum atomic E-state index is -0.287. The van der Waals surface area contributed by atoms with Crippen LogP contribution in [-0.4, -0.2) is 22.1 Å². The number of benzene rings is 2. The summed E-state index contributed by atoms with van der Waals surface area (Å²) in [7, 11) is 1.65. The number of nitrogens with zero attached hydrogens (tertiary/aromatic N) is 3. The van der Waals surface area contributed by atoms with Crippen molar-refractivity contribution in [2.45, 2.75) is 20.3 Å². The van der Waals surface area contributed by atoms with Gasteiger partial charge in [0.1, 0.15) is 11.6 Å². The normalized spacial score (nSPS) is 11.1. The van der Waals surface area contributed by atoms with E-state index in [-0.39, 0.29) is 5.56 Å². The highest BCUT2D eigenvalue weighted by atomic mass is 16.5. The number of aryl methyl sites for hydroxylation is 2. The highest BCUT2D eigenvalue weighted by molar-refractivity contribution is 6.02. The molecule has 5 nitrogen and oxygen atoms in total. The van der Waals surface area contributed by atoms with Crippen LogP contribution in [0.1, 0.15) is 22.5 Å². The zero-order chi connectivity index (χ0) is 19.0. The molecule has 0 bridgehead atoms. The lowest BCUT2D eigenvalue weighted by atomic mass is 10.1. The molecule has 0 saturated carbocycles. The van der Waals surface area contributed by atoms with Gasteiger partial charge < -0.3 is 4.74 Å². The summed E-state index contributed by atoms with van der Waals surface area (Å²) in [5, 5.41) is 1.57. The van der Waals surface area contributed by atoms with Crippen LogP contribution < -0.4 is 10.3 Å². The Hall–Kier alpha value is -3.34. The average molecular weight is 357 g/mol. The molecule has 0 saturated heterocycles. The molecule has 134 valence electrons. The average Bonchev–Trinajstić information content (AvgIpc) is 2.78. The molecule has 0 amide bonds. The van der Waals surface area contributed by atoms with Crippen LogP contribution in [0.15, 0.2) is 53.5 Å². The molecule has 2 heterocycles. The summed E-state index contributed by atoms with van der Waals surface area (Å²) in [4.78, 5) is 25.6. The SMILES string of the molecule is COc1ccc(Cc2ncc3cc(=O)nc4cc(C)c(C)cc4c3n2)cc1. The third-order valence-electron chi connectivity index (χ3n) is 4.77. The van der Waals surface area contributed by atoms with Crippen LogP contribution in [0.25, 0.3) is 21.8 Å². The Balaban J connectivity index is 1.89. The summed E-state index contributed by atoms with van der Waals surface area (Å²) in [6, 6.07) is 13.3. The van der Waals surface area contributed by atoms with E-state index >= 15 is 0 Å². The third kappa shape index (κ3) is 3.36. The first-order valence-electron chi connectivity index (χ1n) is 8.74. The topological polar surface area (TPSA) is 65.0 Å². The van der Waals surface area contributed by atoms with E-state index in [1.165, 1.54) is 6.07 Å². The molecule has 4 aromatic rings. The van der Waals surface area contributed by atoms with Gasteiger partial charge in [0, 0.05) is 29.5 Å². The molecule has 0 aliphatic carbocycles. The van der Waals surface area contributed by atoms with Crippen LogP contribution in [0.5, 0.6) is 5.75 Å². The van der Waals surface area contributed by atoms with Gasteiger partial charge in [-0.2, -0.15) is 0 Å². The molecule has 0 radical (unpaired) electrons. The van der Waals surface area contributed by atoms with E-state index < -0.39 is 0 Å². The summed E-state index contributed by atoms with van der Waals surface area (Å²) >= 11 is 0. The Morgan fingerprint density at radius 3 is 2.44 bits per heavy atom. The van der Waals surface area contributed by atoms with E-state index in [0.717, 1.165) is 33.3 Å². The van der Waals surface area contributed by atoms with Gasteiger partial charge in [0.2, 0.25) is 0 Å². The zero-order valence-corrected chi connectivity index (χ0v) is 15.5. The van der Waals surface area contributed by atoms with Gasteiger partial charge in [-0.15, -0.1) is 0 Å². The minimum Gasteiger partial charge on any atom is -0.497 e. The van der Waals surface area contributed by atoms with Gasteiger partial charge in [-0.25, -0.2) is 15.0 Å². The molecule has 0 aliphatic rings. The van der Waals surface area contributed by atoms with E-state index in [0.29, 0.717) is 23.1 Å². The van der Waals surface area contributed by atoms with Gasteiger partial charge in [-0.1, -0.05) is 12.1 Å². The predicted octanol–water partition coefficient (Wildman–Crippen LogP) is 3.75. The first-order valence-corrected chi connectivity index (χ1v) is 8.74. The maximum atomic E-state index is 12.2. The standard InChI is InChI=1S/C22H19N3O2/c1-13-8-18-19(9-14(13)2)24-21(26)11-16-12-23-20(25-22(16)18)10-15-4-6-17(27-3)7-5-15/h4-9,11-12H,10H2,1-3H3. The molecule has 0 aliphatic heterocycles. The van der Waals surface area contributed by atoms with E-state index in [9.17, 15) is 4.79 Å². The Labute approximate surface area is 156 Å². The summed E-state index contributed by atoms with van der Waals surface area (Å²) in [6.07, 6.45) is 2.31. The minimum absolute atomic E-state index is 0.287. The largest absolute Gasteiger partial charge is 0.497 e. The molecular formula is C22H19N3O2. The fraction of sp³-hybridized carbons (Fsp3) is 0.182. The number of fused-ring (bicyclic) bond motifs is 3. The summed E-state index contributed by atoms with van der Waals surface area (Å²) in [5.74, 6) is 1.52. The lowest BCUT2D eigenvalue weighted by Crippen LogP contribution is -1.99. The number of hydrogen-bond acceptors (Lipinski definition) is 5. The Bertz CT molecular complexity index is 1220. The molecule has 4 rings (SSSR count). The first kappa shape index (κ1) is 17.1. The molecule has 0 N–H and O–H groups in total. The van der Waals surface area contributed by atoms with Crippen LogP contribution in [0, 0.1) is 13.8 Å². The van der Waals surface area contributed by atoms with E-state index in [4.69, 9.17) is 9.72 Å². The fourth-order valence-corrected chi connectivity index (χ4v) is 3.13. The van der Waals surface area contributed by atoms with Crippen molar-refractivity contribution < 1.29 is 4.74 Å². The Morgan fingerprint density at radius 1 is 0.963 bits per heavy atom. The van der Waals surface area contributed by atoms with E-state index in [1.807, 2.05) is 50.2 Å². The van der Waals surface area contributed by atoms with Crippen LogP contribution in [0.3, 0.4) is 0 Å². The fourth-order valence-electron chi connectivity index (χ4n) is 3.13. The van der Waals surface area contributed by atoms with Gasteiger partial charge in [-0.3, -0.25) is 4.79 Å².